The maximum absolute atomic E-state index is 11.7. The van der Waals surface area contributed by atoms with Crippen LogP contribution in [0.5, 0.6) is 0 Å². The lowest BCUT2D eigenvalue weighted by Gasteiger charge is -2.54. The van der Waals surface area contributed by atoms with E-state index in [1.54, 1.807) is 0 Å². The normalized spacial score (nSPS) is 41.4. The summed E-state index contributed by atoms with van der Waals surface area (Å²) in [6, 6.07) is 0. The van der Waals surface area contributed by atoms with Crippen molar-refractivity contribution < 1.29 is 0 Å². The molecule has 98 valence electrons. The average Bonchev–Trinajstić information content (AvgIpc) is 2.64. The Morgan fingerprint density at radius 3 is 2.11 bits per heavy atom. The van der Waals surface area contributed by atoms with E-state index in [0.717, 1.165) is 35.7 Å². The van der Waals surface area contributed by atoms with Crippen molar-refractivity contribution in [1.82, 2.24) is 10.2 Å². The van der Waals surface area contributed by atoms with Gasteiger partial charge in [-0.3, -0.25) is 15.0 Å². The van der Waals surface area contributed by atoms with Crippen LogP contribution in [0.3, 0.4) is 0 Å². The summed E-state index contributed by atoms with van der Waals surface area (Å²) in [6.07, 6.45) is 7.98. The van der Waals surface area contributed by atoms with Crippen LogP contribution in [0.1, 0.15) is 37.7 Å². The van der Waals surface area contributed by atoms with E-state index >= 15 is 0 Å². The molecule has 0 spiro atoms. The maximum atomic E-state index is 11.7. The van der Waals surface area contributed by atoms with E-state index in [0.29, 0.717) is 11.7 Å². The van der Waals surface area contributed by atoms with E-state index in [2.05, 4.69) is 10.2 Å². The number of nitrogen functional groups attached to an aromatic ring is 1. The molecule has 4 fully saturated rings. The predicted octanol–water partition coefficient (Wildman–Crippen LogP) is 1.90. The minimum absolute atomic E-state index is 0.0127. The summed E-state index contributed by atoms with van der Waals surface area (Å²) in [5.41, 5.74) is 6.64. The molecule has 4 aliphatic carbocycles. The SMILES string of the molecule is Nc1[nH][nH]c(=O)c1CC1C2CC3CC(C2)CC1C3. The number of rotatable bonds is 2. The van der Waals surface area contributed by atoms with Gasteiger partial charge in [-0.2, -0.15) is 0 Å². The molecule has 18 heavy (non-hydrogen) atoms. The molecule has 4 N–H and O–H groups in total. The quantitative estimate of drug-likeness (QED) is 0.746. The molecule has 0 saturated heterocycles. The third-order valence-electron chi connectivity index (χ3n) is 5.77. The smallest absolute Gasteiger partial charge is 0.269 e. The van der Waals surface area contributed by atoms with Crippen LogP contribution in [0.15, 0.2) is 4.79 Å². The highest BCUT2D eigenvalue weighted by atomic mass is 16.1. The molecule has 5 rings (SSSR count). The van der Waals surface area contributed by atoms with Crippen LogP contribution < -0.4 is 11.3 Å². The Bertz CT molecular complexity index is 487. The molecule has 0 aromatic carbocycles. The van der Waals surface area contributed by atoms with Crippen LogP contribution >= 0.6 is 0 Å². The van der Waals surface area contributed by atoms with Crippen molar-refractivity contribution in [3.63, 3.8) is 0 Å². The van der Waals surface area contributed by atoms with Gasteiger partial charge < -0.3 is 5.73 Å². The monoisotopic (exact) mass is 247 g/mol. The Morgan fingerprint density at radius 2 is 1.61 bits per heavy atom. The van der Waals surface area contributed by atoms with E-state index < -0.39 is 0 Å². The molecule has 4 heteroatoms. The Labute approximate surface area is 106 Å². The number of anilines is 1. The van der Waals surface area contributed by atoms with Gasteiger partial charge in [-0.05, 0) is 68.1 Å². The summed E-state index contributed by atoms with van der Waals surface area (Å²) in [4.78, 5) is 11.7. The van der Waals surface area contributed by atoms with Gasteiger partial charge in [0, 0.05) is 0 Å². The van der Waals surface area contributed by atoms with E-state index in [4.69, 9.17) is 5.73 Å². The third kappa shape index (κ3) is 1.47. The molecule has 1 aromatic rings. The van der Waals surface area contributed by atoms with E-state index in [1.807, 2.05) is 0 Å². The minimum atomic E-state index is -0.0127. The van der Waals surface area contributed by atoms with Gasteiger partial charge in [0.25, 0.3) is 5.56 Å². The molecular formula is C14H21N3O. The highest BCUT2D eigenvalue weighted by molar-refractivity contribution is 5.37. The van der Waals surface area contributed by atoms with Crippen molar-refractivity contribution in [3.8, 4) is 0 Å². The molecule has 0 aliphatic heterocycles. The highest BCUT2D eigenvalue weighted by Gasteiger charge is 2.48. The zero-order chi connectivity index (χ0) is 12.3. The van der Waals surface area contributed by atoms with Crippen LogP contribution in [0, 0.1) is 29.6 Å². The van der Waals surface area contributed by atoms with Crippen molar-refractivity contribution in [2.45, 2.75) is 38.5 Å². The fourth-order valence-corrected chi connectivity index (χ4v) is 5.21. The Balaban J connectivity index is 1.61. The molecule has 1 heterocycles. The molecule has 4 bridgehead atoms. The lowest BCUT2D eigenvalue weighted by molar-refractivity contribution is -0.0360. The average molecular weight is 247 g/mol. The van der Waals surface area contributed by atoms with Crippen molar-refractivity contribution in [2.24, 2.45) is 29.6 Å². The summed E-state index contributed by atoms with van der Waals surface area (Å²) >= 11 is 0. The summed E-state index contributed by atoms with van der Waals surface area (Å²) < 4.78 is 0. The Kier molecular flexibility index (Phi) is 2.17. The molecule has 4 saturated carbocycles. The van der Waals surface area contributed by atoms with Gasteiger partial charge in [0.05, 0.1) is 5.56 Å². The second-order valence-electron chi connectivity index (χ2n) is 6.77. The van der Waals surface area contributed by atoms with E-state index in [-0.39, 0.29) is 5.56 Å². The summed E-state index contributed by atoms with van der Waals surface area (Å²) in [6.45, 7) is 0. The first-order valence-corrected chi connectivity index (χ1v) is 7.25. The minimum Gasteiger partial charge on any atom is -0.384 e. The number of H-pyrrole nitrogens is 2. The molecule has 0 amide bonds. The van der Waals surface area contributed by atoms with Crippen LogP contribution in [0.4, 0.5) is 5.82 Å². The van der Waals surface area contributed by atoms with Gasteiger partial charge in [-0.15, -0.1) is 0 Å². The molecule has 4 nitrogen and oxygen atoms in total. The first kappa shape index (κ1) is 10.7. The summed E-state index contributed by atoms with van der Waals surface area (Å²) in [5.74, 6) is 4.95. The predicted molar refractivity (Wildman–Crippen MR) is 70.1 cm³/mol. The number of nitrogens with two attached hydrogens (primary N) is 1. The molecule has 0 atom stereocenters. The molecule has 4 aliphatic rings. The first-order chi connectivity index (χ1) is 8.70. The van der Waals surface area contributed by atoms with Gasteiger partial charge >= 0.3 is 0 Å². The van der Waals surface area contributed by atoms with Gasteiger partial charge in [0.2, 0.25) is 0 Å². The second kappa shape index (κ2) is 3.65. The van der Waals surface area contributed by atoms with Crippen LogP contribution in [-0.4, -0.2) is 10.2 Å². The maximum Gasteiger partial charge on any atom is 0.269 e. The van der Waals surface area contributed by atoms with Crippen molar-refractivity contribution >= 4 is 5.82 Å². The summed E-state index contributed by atoms with van der Waals surface area (Å²) in [5, 5.41) is 5.35. The first-order valence-electron chi connectivity index (χ1n) is 7.25. The lowest BCUT2D eigenvalue weighted by Crippen LogP contribution is -2.46. The molecule has 0 radical (unpaired) electrons. The van der Waals surface area contributed by atoms with Gasteiger partial charge in [0.1, 0.15) is 5.82 Å². The Hall–Kier alpha value is -1.19. The molecular weight excluding hydrogens is 226 g/mol. The van der Waals surface area contributed by atoms with Crippen molar-refractivity contribution in [1.29, 1.82) is 0 Å². The van der Waals surface area contributed by atoms with Crippen molar-refractivity contribution in [3.05, 3.63) is 15.9 Å². The third-order valence-corrected chi connectivity index (χ3v) is 5.77. The number of aromatic nitrogens is 2. The van der Waals surface area contributed by atoms with Gasteiger partial charge in [-0.1, -0.05) is 0 Å². The fourth-order valence-electron chi connectivity index (χ4n) is 5.21. The standard InChI is InChI=1S/C14H21N3O/c15-13-12(14(18)17-16-13)6-11-9-2-7-1-8(4-9)5-10(11)3-7/h7-11H,1-6H2,(H4,15,16,17,18). The van der Waals surface area contributed by atoms with Crippen LogP contribution in [-0.2, 0) is 6.42 Å². The van der Waals surface area contributed by atoms with E-state index in [1.165, 1.54) is 32.1 Å². The van der Waals surface area contributed by atoms with Gasteiger partial charge in [-0.25, -0.2) is 0 Å². The fraction of sp³-hybridized carbons (Fsp3) is 0.786. The van der Waals surface area contributed by atoms with Crippen LogP contribution in [0.25, 0.3) is 0 Å². The zero-order valence-corrected chi connectivity index (χ0v) is 10.6. The van der Waals surface area contributed by atoms with E-state index in [9.17, 15) is 4.79 Å². The largest absolute Gasteiger partial charge is 0.384 e. The number of aromatic amines is 2. The highest BCUT2D eigenvalue weighted by Crippen LogP contribution is 2.57. The van der Waals surface area contributed by atoms with Crippen LogP contribution in [0.2, 0.25) is 0 Å². The lowest BCUT2D eigenvalue weighted by atomic mass is 9.51. The number of nitrogens with one attached hydrogen (secondary N) is 2. The zero-order valence-electron chi connectivity index (χ0n) is 10.6. The topological polar surface area (TPSA) is 74.7 Å². The Morgan fingerprint density at radius 1 is 1.00 bits per heavy atom. The van der Waals surface area contributed by atoms with Gasteiger partial charge in [0.15, 0.2) is 0 Å². The molecule has 1 aromatic heterocycles. The molecule has 0 unspecified atom stereocenters. The van der Waals surface area contributed by atoms with Crippen molar-refractivity contribution in [2.75, 3.05) is 5.73 Å². The number of hydrogen-bond acceptors (Lipinski definition) is 2. The number of hydrogen-bond donors (Lipinski definition) is 3. The summed E-state index contributed by atoms with van der Waals surface area (Å²) in [7, 11) is 0. The second-order valence-corrected chi connectivity index (χ2v) is 6.77.